The fourth-order valence-corrected chi connectivity index (χ4v) is 0.620. The molecule has 9 heavy (non-hydrogen) atoms. The summed E-state index contributed by atoms with van der Waals surface area (Å²) >= 11 is 0. The summed E-state index contributed by atoms with van der Waals surface area (Å²) in [7, 11) is 3.90. The minimum absolute atomic E-state index is 0.0787. The predicted molar refractivity (Wildman–Crippen MR) is 38.2 cm³/mol. The Morgan fingerprint density at radius 3 is 2.22 bits per heavy atom. The first-order chi connectivity index (χ1) is 4.22. The Labute approximate surface area is 56.8 Å². The molecule has 0 heterocycles. The average Bonchev–Trinajstić information content (AvgIpc) is 1.82. The lowest BCUT2D eigenvalue weighted by Crippen LogP contribution is -2.37. The summed E-state index contributed by atoms with van der Waals surface area (Å²) in [6, 6.07) is 0. The SMILES string of the molecule is CCOC(CN)N(C)C. The predicted octanol–water partition coefficient (Wildman–Crippen LogP) is -0.131. The number of likely N-dealkylation sites (N-methyl/N-ethyl adjacent to an activating group) is 1. The Bertz CT molecular complexity index is 66.1. The summed E-state index contributed by atoms with van der Waals surface area (Å²) in [5.41, 5.74) is 5.39. The molecule has 0 aliphatic carbocycles. The first-order valence-electron chi connectivity index (χ1n) is 3.20. The van der Waals surface area contributed by atoms with Crippen LogP contribution in [-0.2, 0) is 4.74 Å². The minimum Gasteiger partial charge on any atom is -0.362 e. The third-order valence-corrected chi connectivity index (χ3v) is 1.14. The first-order valence-corrected chi connectivity index (χ1v) is 3.20. The van der Waals surface area contributed by atoms with Gasteiger partial charge in [0.05, 0.1) is 0 Å². The molecule has 0 amide bonds. The molecule has 0 saturated carbocycles. The Hall–Kier alpha value is -0.120. The molecular formula is C6H16N2O. The lowest BCUT2D eigenvalue weighted by molar-refractivity contribution is -0.0228. The van der Waals surface area contributed by atoms with Crippen LogP contribution in [0.5, 0.6) is 0 Å². The van der Waals surface area contributed by atoms with Crippen LogP contribution in [0, 0.1) is 0 Å². The van der Waals surface area contributed by atoms with Crippen molar-refractivity contribution < 1.29 is 4.74 Å². The number of hydrogen-bond donors (Lipinski definition) is 1. The van der Waals surface area contributed by atoms with E-state index in [4.69, 9.17) is 10.5 Å². The van der Waals surface area contributed by atoms with Crippen LogP contribution in [0.15, 0.2) is 0 Å². The number of hydrogen-bond acceptors (Lipinski definition) is 3. The van der Waals surface area contributed by atoms with E-state index < -0.39 is 0 Å². The monoisotopic (exact) mass is 132 g/mol. The molecule has 0 spiro atoms. The zero-order valence-corrected chi connectivity index (χ0v) is 6.42. The van der Waals surface area contributed by atoms with Crippen LogP contribution >= 0.6 is 0 Å². The van der Waals surface area contributed by atoms with Crippen LogP contribution in [0.3, 0.4) is 0 Å². The lowest BCUT2D eigenvalue weighted by Gasteiger charge is -2.21. The maximum atomic E-state index is 5.39. The molecule has 0 rings (SSSR count). The van der Waals surface area contributed by atoms with E-state index in [0.29, 0.717) is 6.54 Å². The molecule has 0 bridgehead atoms. The van der Waals surface area contributed by atoms with Crippen LogP contribution in [0.4, 0.5) is 0 Å². The molecule has 1 unspecified atom stereocenters. The van der Waals surface area contributed by atoms with Crippen molar-refractivity contribution >= 4 is 0 Å². The van der Waals surface area contributed by atoms with Crippen LogP contribution in [0.25, 0.3) is 0 Å². The standard InChI is InChI=1S/C6H16N2O/c1-4-9-6(5-7)8(2)3/h6H,4-5,7H2,1-3H3. The van der Waals surface area contributed by atoms with Gasteiger partial charge in [0.2, 0.25) is 0 Å². The quantitative estimate of drug-likeness (QED) is 0.541. The van der Waals surface area contributed by atoms with Crippen molar-refractivity contribution in [2.75, 3.05) is 27.2 Å². The Morgan fingerprint density at radius 1 is 1.56 bits per heavy atom. The number of rotatable bonds is 4. The van der Waals surface area contributed by atoms with Gasteiger partial charge in [0, 0.05) is 13.2 Å². The van der Waals surface area contributed by atoms with E-state index in [1.807, 2.05) is 25.9 Å². The van der Waals surface area contributed by atoms with Gasteiger partial charge in [-0.15, -0.1) is 0 Å². The molecule has 0 aliphatic heterocycles. The van der Waals surface area contributed by atoms with Crippen molar-refractivity contribution in [1.82, 2.24) is 4.90 Å². The smallest absolute Gasteiger partial charge is 0.122 e. The van der Waals surface area contributed by atoms with Crippen LogP contribution in [0.1, 0.15) is 6.92 Å². The van der Waals surface area contributed by atoms with Crippen molar-refractivity contribution in [3.63, 3.8) is 0 Å². The Morgan fingerprint density at radius 2 is 2.11 bits per heavy atom. The third-order valence-electron chi connectivity index (χ3n) is 1.14. The molecule has 0 saturated heterocycles. The molecule has 0 fully saturated rings. The maximum Gasteiger partial charge on any atom is 0.122 e. The van der Waals surface area contributed by atoms with Gasteiger partial charge in [0.25, 0.3) is 0 Å². The van der Waals surface area contributed by atoms with Gasteiger partial charge in [-0.25, -0.2) is 0 Å². The van der Waals surface area contributed by atoms with Crippen LogP contribution in [-0.4, -0.2) is 38.4 Å². The molecule has 3 nitrogen and oxygen atoms in total. The van der Waals surface area contributed by atoms with E-state index in [1.54, 1.807) is 0 Å². The summed E-state index contributed by atoms with van der Waals surface area (Å²) < 4.78 is 5.25. The number of ether oxygens (including phenoxy) is 1. The maximum absolute atomic E-state index is 5.39. The zero-order chi connectivity index (χ0) is 7.28. The number of nitrogens with two attached hydrogens (primary N) is 1. The van der Waals surface area contributed by atoms with Gasteiger partial charge >= 0.3 is 0 Å². The Kier molecular flexibility index (Phi) is 4.67. The van der Waals surface area contributed by atoms with Gasteiger partial charge in [-0.3, -0.25) is 4.90 Å². The van der Waals surface area contributed by atoms with Crippen LogP contribution < -0.4 is 5.73 Å². The highest BCUT2D eigenvalue weighted by Crippen LogP contribution is 1.91. The van der Waals surface area contributed by atoms with Crippen molar-refractivity contribution in [3.05, 3.63) is 0 Å². The summed E-state index contributed by atoms with van der Waals surface area (Å²) in [4.78, 5) is 1.96. The van der Waals surface area contributed by atoms with E-state index in [0.717, 1.165) is 6.61 Å². The van der Waals surface area contributed by atoms with Crippen molar-refractivity contribution in [2.24, 2.45) is 5.73 Å². The lowest BCUT2D eigenvalue weighted by atomic mass is 10.5. The molecule has 0 radical (unpaired) electrons. The van der Waals surface area contributed by atoms with Crippen LogP contribution in [0.2, 0.25) is 0 Å². The second-order valence-corrected chi connectivity index (χ2v) is 2.11. The van der Waals surface area contributed by atoms with Gasteiger partial charge in [0.15, 0.2) is 0 Å². The fraction of sp³-hybridized carbons (Fsp3) is 1.00. The summed E-state index contributed by atoms with van der Waals surface area (Å²) in [6.07, 6.45) is 0.0787. The summed E-state index contributed by atoms with van der Waals surface area (Å²) in [5.74, 6) is 0. The minimum atomic E-state index is 0.0787. The molecule has 0 aromatic rings. The van der Waals surface area contributed by atoms with Gasteiger partial charge in [-0.1, -0.05) is 0 Å². The highest BCUT2D eigenvalue weighted by atomic mass is 16.5. The first kappa shape index (κ1) is 8.88. The molecule has 0 aromatic carbocycles. The van der Waals surface area contributed by atoms with Crippen molar-refractivity contribution in [2.45, 2.75) is 13.2 Å². The fourth-order valence-electron chi connectivity index (χ4n) is 0.620. The molecule has 2 N–H and O–H groups in total. The van der Waals surface area contributed by atoms with E-state index in [-0.39, 0.29) is 6.23 Å². The molecule has 0 aromatic heterocycles. The van der Waals surface area contributed by atoms with E-state index in [2.05, 4.69) is 0 Å². The van der Waals surface area contributed by atoms with Gasteiger partial charge in [-0.05, 0) is 21.0 Å². The van der Waals surface area contributed by atoms with E-state index in [9.17, 15) is 0 Å². The Balaban J connectivity index is 3.41. The normalized spacial score (nSPS) is 14.3. The third kappa shape index (κ3) is 3.46. The van der Waals surface area contributed by atoms with Crippen molar-refractivity contribution in [3.8, 4) is 0 Å². The second-order valence-electron chi connectivity index (χ2n) is 2.11. The zero-order valence-electron chi connectivity index (χ0n) is 6.42. The van der Waals surface area contributed by atoms with Gasteiger partial charge in [-0.2, -0.15) is 0 Å². The van der Waals surface area contributed by atoms with Crippen molar-refractivity contribution in [1.29, 1.82) is 0 Å². The molecule has 1 atom stereocenters. The molecule has 0 aliphatic rings. The van der Waals surface area contributed by atoms with E-state index in [1.165, 1.54) is 0 Å². The van der Waals surface area contributed by atoms with E-state index >= 15 is 0 Å². The van der Waals surface area contributed by atoms with Gasteiger partial charge in [0.1, 0.15) is 6.23 Å². The summed E-state index contributed by atoms with van der Waals surface area (Å²) in [6.45, 7) is 3.24. The largest absolute Gasteiger partial charge is 0.362 e. The summed E-state index contributed by atoms with van der Waals surface area (Å²) in [5, 5.41) is 0. The average molecular weight is 132 g/mol. The highest BCUT2D eigenvalue weighted by molar-refractivity contribution is 4.52. The number of nitrogens with zero attached hydrogens (tertiary/aromatic N) is 1. The molecule has 56 valence electrons. The topological polar surface area (TPSA) is 38.5 Å². The molecular weight excluding hydrogens is 116 g/mol. The highest BCUT2D eigenvalue weighted by Gasteiger charge is 2.05. The second kappa shape index (κ2) is 4.73. The molecule has 3 heteroatoms. The van der Waals surface area contributed by atoms with Gasteiger partial charge < -0.3 is 10.5 Å².